The lowest BCUT2D eigenvalue weighted by Gasteiger charge is -2.36. The van der Waals surface area contributed by atoms with E-state index in [9.17, 15) is 14.4 Å². The molecule has 3 fully saturated rings. The van der Waals surface area contributed by atoms with E-state index in [0.717, 1.165) is 58.4 Å². The van der Waals surface area contributed by atoms with Gasteiger partial charge in [0.25, 0.3) is 0 Å². The number of likely N-dealkylation sites (tertiary alicyclic amines) is 1. The van der Waals surface area contributed by atoms with Gasteiger partial charge in [-0.1, -0.05) is 0 Å². The smallest absolute Gasteiger partial charge is 0.310 e. The zero-order valence-corrected chi connectivity index (χ0v) is 16.3. The van der Waals surface area contributed by atoms with Gasteiger partial charge in [0.15, 0.2) is 0 Å². The first-order chi connectivity index (χ1) is 13.0. The van der Waals surface area contributed by atoms with Crippen molar-refractivity contribution in [2.45, 2.75) is 38.6 Å². The van der Waals surface area contributed by atoms with Gasteiger partial charge in [0.05, 0.1) is 25.6 Å². The Kier molecular flexibility index (Phi) is 7.07. The van der Waals surface area contributed by atoms with Crippen molar-refractivity contribution in [3.63, 3.8) is 0 Å². The van der Waals surface area contributed by atoms with Crippen molar-refractivity contribution < 1.29 is 19.1 Å². The van der Waals surface area contributed by atoms with E-state index in [4.69, 9.17) is 4.74 Å². The van der Waals surface area contributed by atoms with Gasteiger partial charge in [0.2, 0.25) is 11.8 Å². The lowest BCUT2D eigenvalue weighted by molar-refractivity contribution is -0.151. The minimum Gasteiger partial charge on any atom is -0.466 e. The van der Waals surface area contributed by atoms with E-state index in [1.807, 2.05) is 0 Å². The first-order valence-electron chi connectivity index (χ1n) is 10.2. The number of piperazine rings is 1. The summed E-state index contributed by atoms with van der Waals surface area (Å²) in [5, 5.41) is 3.02. The number of carbonyl (C=O) groups excluding carboxylic acids is 3. The number of hydrogen-bond acceptors (Lipinski definition) is 6. The summed E-state index contributed by atoms with van der Waals surface area (Å²) in [7, 11) is 0. The Morgan fingerprint density at radius 1 is 0.963 bits per heavy atom. The highest BCUT2D eigenvalue weighted by Crippen LogP contribution is 2.19. The molecular weight excluding hydrogens is 348 g/mol. The topological polar surface area (TPSA) is 82.2 Å². The van der Waals surface area contributed by atoms with Gasteiger partial charge in [-0.3, -0.25) is 24.2 Å². The third-order valence-corrected chi connectivity index (χ3v) is 5.53. The maximum Gasteiger partial charge on any atom is 0.310 e. The van der Waals surface area contributed by atoms with E-state index in [1.165, 1.54) is 0 Å². The standard InChI is InChI=1S/C19H32N4O4/c1-2-27-19(26)15-4-3-7-23(12-15)18(25)14-22-10-8-21(9-11-22)13-17(24)20-16-5-6-16/h15-16H,2-14H2,1H3,(H,20,24). The van der Waals surface area contributed by atoms with Crippen molar-refractivity contribution in [2.75, 3.05) is 59.0 Å². The largest absolute Gasteiger partial charge is 0.466 e. The number of ether oxygens (including phenoxy) is 1. The molecule has 0 aromatic carbocycles. The molecule has 2 aliphatic heterocycles. The van der Waals surface area contributed by atoms with Crippen LogP contribution in [0.2, 0.25) is 0 Å². The number of carbonyl (C=O) groups is 3. The average Bonchev–Trinajstić information content (AvgIpc) is 3.47. The zero-order chi connectivity index (χ0) is 19.2. The van der Waals surface area contributed by atoms with E-state index in [1.54, 1.807) is 11.8 Å². The summed E-state index contributed by atoms with van der Waals surface area (Å²) in [6.07, 6.45) is 3.85. The molecule has 1 unspecified atom stereocenters. The number of nitrogens with one attached hydrogen (secondary N) is 1. The summed E-state index contributed by atoms with van der Waals surface area (Å²) >= 11 is 0. The van der Waals surface area contributed by atoms with E-state index < -0.39 is 0 Å². The Hall–Kier alpha value is -1.67. The highest BCUT2D eigenvalue weighted by atomic mass is 16.5. The number of esters is 1. The summed E-state index contributed by atoms with van der Waals surface area (Å²) in [5.41, 5.74) is 0. The average molecular weight is 380 g/mol. The highest BCUT2D eigenvalue weighted by Gasteiger charge is 2.31. The summed E-state index contributed by atoms with van der Waals surface area (Å²) in [6, 6.07) is 0.402. The Labute approximate surface area is 161 Å². The van der Waals surface area contributed by atoms with Crippen LogP contribution in [-0.2, 0) is 19.1 Å². The molecule has 27 heavy (non-hydrogen) atoms. The van der Waals surface area contributed by atoms with Crippen LogP contribution in [0.3, 0.4) is 0 Å². The molecule has 2 amide bonds. The highest BCUT2D eigenvalue weighted by molar-refractivity contribution is 5.80. The van der Waals surface area contributed by atoms with Crippen LogP contribution in [-0.4, -0.2) is 97.5 Å². The molecule has 0 aromatic heterocycles. The van der Waals surface area contributed by atoms with Crippen LogP contribution in [0.25, 0.3) is 0 Å². The number of amides is 2. The molecule has 152 valence electrons. The Balaban J connectivity index is 1.37. The van der Waals surface area contributed by atoms with E-state index >= 15 is 0 Å². The van der Waals surface area contributed by atoms with Gasteiger partial charge < -0.3 is 15.0 Å². The predicted molar refractivity (Wildman–Crippen MR) is 100.0 cm³/mol. The second kappa shape index (κ2) is 9.50. The minimum atomic E-state index is -0.190. The Bertz CT molecular complexity index is 544. The summed E-state index contributed by atoms with van der Waals surface area (Å²) in [6.45, 7) is 7.40. The Morgan fingerprint density at radius 2 is 1.63 bits per heavy atom. The predicted octanol–water partition coefficient (Wildman–Crippen LogP) is -0.316. The molecule has 3 rings (SSSR count). The molecular formula is C19H32N4O4. The fourth-order valence-electron chi connectivity index (χ4n) is 3.76. The van der Waals surface area contributed by atoms with Crippen molar-refractivity contribution in [1.29, 1.82) is 0 Å². The van der Waals surface area contributed by atoms with Gasteiger partial charge in [-0.05, 0) is 32.6 Å². The van der Waals surface area contributed by atoms with Gasteiger partial charge in [0.1, 0.15) is 0 Å². The lowest BCUT2D eigenvalue weighted by atomic mass is 9.98. The fourth-order valence-corrected chi connectivity index (χ4v) is 3.76. The van der Waals surface area contributed by atoms with E-state index in [2.05, 4.69) is 15.1 Å². The van der Waals surface area contributed by atoms with Crippen LogP contribution >= 0.6 is 0 Å². The summed E-state index contributed by atoms with van der Waals surface area (Å²) in [5.74, 6) is -0.179. The lowest BCUT2D eigenvalue weighted by Crippen LogP contribution is -2.53. The molecule has 0 bridgehead atoms. The van der Waals surface area contributed by atoms with Crippen LogP contribution in [0.1, 0.15) is 32.6 Å². The monoisotopic (exact) mass is 380 g/mol. The molecule has 2 heterocycles. The fraction of sp³-hybridized carbons (Fsp3) is 0.842. The van der Waals surface area contributed by atoms with Gasteiger partial charge >= 0.3 is 5.97 Å². The van der Waals surface area contributed by atoms with Crippen molar-refractivity contribution in [3.05, 3.63) is 0 Å². The zero-order valence-electron chi connectivity index (χ0n) is 16.3. The van der Waals surface area contributed by atoms with Crippen LogP contribution < -0.4 is 5.32 Å². The Morgan fingerprint density at radius 3 is 2.26 bits per heavy atom. The molecule has 8 nitrogen and oxygen atoms in total. The molecule has 1 saturated carbocycles. The van der Waals surface area contributed by atoms with Crippen molar-refractivity contribution in [2.24, 2.45) is 5.92 Å². The molecule has 1 aliphatic carbocycles. The quantitative estimate of drug-likeness (QED) is 0.610. The number of hydrogen-bond donors (Lipinski definition) is 1. The van der Waals surface area contributed by atoms with Crippen molar-refractivity contribution in [3.8, 4) is 0 Å². The second-order valence-electron chi connectivity index (χ2n) is 7.83. The maximum atomic E-state index is 12.6. The van der Waals surface area contributed by atoms with Gasteiger partial charge in [-0.2, -0.15) is 0 Å². The van der Waals surface area contributed by atoms with Gasteiger partial charge in [-0.15, -0.1) is 0 Å². The molecule has 0 spiro atoms. The van der Waals surface area contributed by atoms with Crippen molar-refractivity contribution >= 4 is 17.8 Å². The number of rotatable bonds is 7. The van der Waals surface area contributed by atoms with Crippen LogP contribution in [0, 0.1) is 5.92 Å². The summed E-state index contributed by atoms with van der Waals surface area (Å²) in [4.78, 5) is 42.6. The maximum absolute atomic E-state index is 12.6. The summed E-state index contributed by atoms with van der Waals surface area (Å²) < 4.78 is 5.11. The molecule has 3 aliphatic rings. The third kappa shape index (κ3) is 6.17. The minimum absolute atomic E-state index is 0.0870. The first-order valence-corrected chi connectivity index (χ1v) is 10.2. The molecule has 0 aromatic rings. The first kappa shape index (κ1) is 20.1. The SMILES string of the molecule is CCOC(=O)C1CCCN(C(=O)CN2CCN(CC(=O)NC3CC3)CC2)C1. The molecule has 2 saturated heterocycles. The van der Waals surface area contributed by atoms with Gasteiger partial charge in [0, 0.05) is 45.3 Å². The van der Waals surface area contributed by atoms with Gasteiger partial charge in [-0.25, -0.2) is 0 Å². The molecule has 1 N–H and O–H groups in total. The van der Waals surface area contributed by atoms with Crippen LogP contribution in [0.4, 0.5) is 0 Å². The van der Waals surface area contributed by atoms with Crippen LogP contribution in [0.15, 0.2) is 0 Å². The van der Waals surface area contributed by atoms with Crippen LogP contribution in [0.5, 0.6) is 0 Å². The second-order valence-corrected chi connectivity index (χ2v) is 7.83. The normalized spacial score (nSPS) is 24.5. The van der Waals surface area contributed by atoms with E-state index in [0.29, 0.717) is 32.3 Å². The number of nitrogens with zero attached hydrogens (tertiary/aromatic N) is 3. The van der Waals surface area contributed by atoms with Crippen molar-refractivity contribution in [1.82, 2.24) is 20.0 Å². The third-order valence-electron chi connectivity index (χ3n) is 5.53. The number of piperidine rings is 1. The molecule has 8 heteroatoms. The molecule has 1 atom stereocenters. The van der Waals surface area contributed by atoms with E-state index in [-0.39, 0.29) is 23.7 Å². The molecule has 0 radical (unpaired) electrons.